The zero-order valence-corrected chi connectivity index (χ0v) is 30.4. The normalized spacial score (nSPS) is 11.0. The summed E-state index contributed by atoms with van der Waals surface area (Å²) in [7, 11) is 0. The summed E-state index contributed by atoms with van der Waals surface area (Å²) in [6, 6.07) is 42.2. The molecule has 7 aromatic carbocycles. The van der Waals surface area contributed by atoms with Crippen molar-refractivity contribution < 1.29 is 39.6 Å². The zero-order chi connectivity index (χ0) is 39.8. The number of aromatic nitrogens is 2. The lowest BCUT2D eigenvalue weighted by atomic mass is 9.90. The monoisotopic (exact) mass is 768 g/mol. The van der Waals surface area contributed by atoms with Crippen LogP contribution in [0, 0.1) is 0 Å². The molecule has 4 N–H and O–H groups in total. The van der Waals surface area contributed by atoms with Crippen molar-refractivity contribution in [1.29, 1.82) is 0 Å². The van der Waals surface area contributed by atoms with Crippen molar-refractivity contribution >= 4 is 46.6 Å². The summed E-state index contributed by atoms with van der Waals surface area (Å²) in [5, 5.41) is 38.0. The number of benzene rings is 7. The van der Waals surface area contributed by atoms with Crippen LogP contribution < -0.4 is 0 Å². The number of nitrogens with zero attached hydrogens (tertiary/aromatic N) is 2. The topological polar surface area (TPSA) is 175 Å². The molecule has 57 heavy (non-hydrogen) atoms. The molecule has 0 aliphatic carbocycles. The van der Waals surface area contributed by atoms with Gasteiger partial charge in [-0.3, -0.25) is 0 Å². The van der Waals surface area contributed by atoms with Gasteiger partial charge in [0.05, 0.1) is 34.0 Å². The summed E-state index contributed by atoms with van der Waals surface area (Å²) in [6.45, 7) is 0. The maximum absolute atomic E-state index is 11.6. The first-order valence-corrected chi connectivity index (χ1v) is 18.2. The standard InChI is InChI=1S/C46H28N2O8S/c49-43(50)29-9-1-25(2-10-29)33-19-34(26-3-11-30(12-4-26)44(51)52)22-37(21-33)39-17-18-40(42-41(39)47-57-48-42)38-23-35(27-5-13-31(14-6-27)45(53)54)20-36(24-38)28-7-15-32(16-8-28)46(55)56/h1-24H,(H,49,50)(H,51,52)(H,53,54)(H,55,56). The van der Waals surface area contributed by atoms with E-state index in [2.05, 4.69) is 0 Å². The quantitative estimate of drug-likeness (QED) is 0.105. The Bertz CT molecular complexity index is 2540. The number of aromatic carboxylic acids is 4. The second-order valence-corrected chi connectivity index (χ2v) is 13.8. The van der Waals surface area contributed by atoms with Crippen molar-refractivity contribution in [3.8, 4) is 66.8 Å². The van der Waals surface area contributed by atoms with Crippen LogP contribution in [0.4, 0.5) is 0 Å². The fraction of sp³-hybridized carbons (Fsp3) is 0. The molecule has 0 atom stereocenters. The lowest BCUT2D eigenvalue weighted by Gasteiger charge is -2.14. The van der Waals surface area contributed by atoms with Crippen LogP contribution >= 0.6 is 11.7 Å². The Hall–Kier alpha value is -7.76. The van der Waals surface area contributed by atoms with Crippen LogP contribution in [0.2, 0.25) is 0 Å². The highest BCUT2D eigenvalue weighted by molar-refractivity contribution is 7.00. The third-order valence-electron chi connectivity index (χ3n) is 9.76. The van der Waals surface area contributed by atoms with Gasteiger partial charge < -0.3 is 20.4 Å². The van der Waals surface area contributed by atoms with Crippen molar-refractivity contribution in [1.82, 2.24) is 8.75 Å². The van der Waals surface area contributed by atoms with Crippen LogP contribution in [0.15, 0.2) is 146 Å². The fourth-order valence-electron chi connectivity index (χ4n) is 6.79. The molecule has 0 saturated carbocycles. The minimum absolute atomic E-state index is 0.159. The SMILES string of the molecule is O=C(O)c1ccc(-c2cc(-c3ccc(C(=O)O)cc3)cc(-c3ccc(-c4cc(-c5ccc(C(=O)O)cc5)cc(-c5ccc(C(=O)O)cc5)c4)c4nsnc34)c2)cc1. The molecule has 11 heteroatoms. The summed E-state index contributed by atoms with van der Waals surface area (Å²) < 4.78 is 9.50. The molecule has 0 aliphatic heterocycles. The minimum Gasteiger partial charge on any atom is -0.478 e. The Morgan fingerprint density at radius 3 is 0.772 bits per heavy atom. The molecular weight excluding hydrogens is 741 g/mol. The van der Waals surface area contributed by atoms with Gasteiger partial charge in [-0.1, -0.05) is 60.7 Å². The number of carbonyl (C=O) groups is 4. The highest BCUT2D eigenvalue weighted by Crippen LogP contribution is 2.41. The van der Waals surface area contributed by atoms with E-state index in [0.29, 0.717) is 11.0 Å². The predicted molar refractivity (Wildman–Crippen MR) is 218 cm³/mol. The summed E-state index contributed by atoms with van der Waals surface area (Å²) in [4.78, 5) is 46.4. The number of hydrogen-bond donors (Lipinski definition) is 4. The summed E-state index contributed by atoms with van der Waals surface area (Å²) in [5.41, 5.74) is 11.5. The van der Waals surface area contributed by atoms with Gasteiger partial charge in [-0.2, -0.15) is 8.75 Å². The van der Waals surface area contributed by atoms with Gasteiger partial charge in [0.25, 0.3) is 0 Å². The lowest BCUT2D eigenvalue weighted by Crippen LogP contribution is -1.96. The van der Waals surface area contributed by atoms with Gasteiger partial charge in [-0.15, -0.1) is 0 Å². The summed E-state index contributed by atoms with van der Waals surface area (Å²) >= 11 is 1.07. The number of rotatable bonds is 10. The van der Waals surface area contributed by atoms with Gasteiger partial charge in [-0.25, -0.2) is 19.2 Å². The van der Waals surface area contributed by atoms with Crippen LogP contribution in [0.5, 0.6) is 0 Å². The third kappa shape index (κ3) is 7.25. The number of fused-ring (bicyclic) bond motifs is 1. The number of hydrogen-bond acceptors (Lipinski definition) is 7. The smallest absolute Gasteiger partial charge is 0.335 e. The Morgan fingerprint density at radius 2 is 0.544 bits per heavy atom. The average molecular weight is 769 g/mol. The number of carboxylic acids is 4. The van der Waals surface area contributed by atoms with Gasteiger partial charge in [0.15, 0.2) is 0 Å². The first-order chi connectivity index (χ1) is 27.5. The molecule has 0 unspecified atom stereocenters. The van der Waals surface area contributed by atoms with Crippen LogP contribution in [0.25, 0.3) is 77.8 Å². The highest BCUT2D eigenvalue weighted by atomic mass is 32.1. The van der Waals surface area contributed by atoms with Crippen molar-refractivity contribution in [3.05, 3.63) is 168 Å². The molecule has 8 aromatic rings. The maximum atomic E-state index is 11.6. The summed E-state index contributed by atoms with van der Waals surface area (Å²) in [6.07, 6.45) is 0. The van der Waals surface area contributed by atoms with Crippen LogP contribution in [0.3, 0.4) is 0 Å². The largest absolute Gasteiger partial charge is 0.478 e. The zero-order valence-electron chi connectivity index (χ0n) is 29.6. The van der Waals surface area contributed by atoms with Gasteiger partial charge in [0, 0.05) is 11.1 Å². The van der Waals surface area contributed by atoms with Gasteiger partial charge in [0.1, 0.15) is 11.0 Å². The highest BCUT2D eigenvalue weighted by Gasteiger charge is 2.18. The van der Waals surface area contributed by atoms with Crippen molar-refractivity contribution in [2.24, 2.45) is 0 Å². The molecule has 0 fully saturated rings. The van der Waals surface area contributed by atoms with Crippen molar-refractivity contribution in [2.45, 2.75) is 0 Å². The molecule has 0 radical (unpaired) electrons. The Labute approximate surface area is 328 Å². The van der Waals surface area contributed by atoms with Crippen molar-refractivity contribution in [2.75, 3.05) is 0 Å². The molecule has 276 valence electrons. The van der Waals surface area contributed by atoms with E-state index in [1.54, 1.807) is 97.1 Å². The summed E-state index contributed by atoms with van der Waals surface area (Å²) in [5.74, 6) is -4.12. The van der Waals surface area contributed by atoms with Gasteiger partial charge in [-0.05, 0) is 141 Å². The van der Waals surface area contributed by atoms with Crippen LogP contribution in [0.1, 0.15) is 41.4 Å². The molecular formula is C46H28N2O8S. The van der Waals surface area contributed by atoms with E-state index < -0.39 is 23.9 Å². The molecule has 10 nitrogen and oxygen atoms in total. The number of carboxylic acid groups (broad SMARTS) is 4. The van der Waals surface area contributed by atoms with E-state index in [0.717, 1.165) is 78.5 Å². The molecule has 0 amide bonds. The van der Waals surface area contributed by atoms with E-state index in [4.69, 9.17) is 8.75 Å². The Balaban J connectivity index is 1.28. The average Bonchev–Trinajstić information content (AvgIpc) is 3.73. The Kier molecular flexibility index (Phi) is 9.42. The first-order valence-electron chi connectivity index (χ1n) is 17.4. The van der Waals surface area contributed by atoms with E-state index >= 15 is 0 Å². The minimum atomic E-state index is -1.03. The second-order valence-electron chi connectivity index (χ2n) is 13.3. The second kappa shape index (κ2) is 14.8. The van der Waals surface area contributed by atoms with Crippen LogP contribution in [-0.4, -0.2) is 53.1 Å². The van der Waals surface area contributed by atoms with E-state index in [1.165, 1.54) is 0 Å². The third-order valence-corrected chi connectivity index (χ3v) is 10.3. The van der Waals surface area contributed by atoms with E-state index in [9.17, 15) is 39.6 Å². The fourth-order valence-corrected chi connectivity index (χ4v) is 7.36. The molecule has 0 spiro atoms. The van der Waals surface area contributed by atoms with E-state index in [-0.39, 0.29) is 22.3 Å². The van der Waals surface area contributed by atoms with E-state index in [1.807, 2.05) is 48.5 Å². The predicted octanol–water partition coefficient (Wildman–Crippen LogP) is 10.5. The van der Waals surface area contributed by atoms with Crippen LogP contribution in [-0.2, 0) is 0 Å². The molecule has 0 aliphatic rings. The van der Waals surface area contributed by atoms with Gasteiger partial charge in [0.2, 0.25) is 0 Å². The lowest BCUT2D eigenvalue weighted by molar-refractivity contribution is 0.0686. The molecule has 1 heterocycles. The molecule has 8 rings (SSSR count). The first kappa shape index (κ1) is 36.2. The molecule has 0 saturated heterocycles. The van der Waals surface area contributed by atoms with Gasteiger partial charge >= 0.3 is 23.9 Å². The Morgan fingerprint density at radius 1 is 0.316 bits per heavy atom. The van der Waals surface area contributed by atoms with Crippen molar-refractivity contribution in [3.63, 3.8) is 0 Å². The molecule has 0 bridgehead atoms. The maximum Gasteiger partial charge on any atom is 0.335 e. The molecule has 1 aromatic heterocycles.